The minimum absolute atomic E-state index is 0.0894. The van der Waals surface area contributed by atoms with Gasteiger partial charge >= 0.3 is 0 Å². The van der Waals surface area contributed by atoms with Crippen molar-refractivity contribution < 1.29 is 22.7 Å². The third-order valence-electron chi connectivity index (χ3n) is 5.97. The van der Waals surface area contributed by atoms with Crippen LogP contribution in [0.3, 0.4) is 0 Å². The Morgan fingerprint density at radius 2 is 1.97 bits per heavy atom. The number of benzene rings is 2. The average molecular weight is 445 g/mol. The molecule has 2 heterocycles. The lowest BCUT2D eigenvalue weighted by molar-refractivity contribution is -0.126. The van der Waals surface area contributed by atoms with Crippen LogP contribution in [0.5, 0.6) is 11.5 Å². The third kappa shape index (κ3) is 4.85. The number of ether oxygens (including phenoxy) is 2. The second kappa shape index (κ2) is 9.28. The first-order chi connectivity index (χ1) is 15.0. The number of amides is 1. The standard InChI is InChI=1S/C23H28N2O5S/c1-29-20-8-10-21(11-9-20)31(27,28)25-12-4-6-19(15-25)23(26)24-14-17-13-18-5-2-3-7-22(18)30-16-17/h2-3,5,7-11,17,19H,4,6,12-16H2,1H3,(H,24,26). The van der Waals surface area contributed by atoms with Gasteiger partial charge in [-0.3, -0.25) is 4.79 Å². The zero-order valence-corrected chi connectivity index (χ0v) is 18.4. The molecule has 7 nitrogen and oxygen atoms in total. The molecule has 2 unspecified atom stereocenters. The van der Waals surface area contributed by atoms with Crippen molar-refractivity contribution in [3.8, 4) is 11.5 Å². The van der Waals surface area contributed by atoms with Crippen molar-refractivity contribution in [2.45, 2.75) is 24.2 Å². The smallest absolute Gasteiger partial charge is 0.243 e. The SMILES string of the molecule is COc1ccc(S(=O)(=O)N2CCCC(C(=O)NCC3COc4ccccc4C3)C2)cc1. The van der Waals surface area contributed by atoms with E-state index in [2.05, 4.69) is 5.32 Å². The van der Waals surface area contributed by atoms with Crippen molar-refractivity contribution in [2.75, 3.05) is 33.4 Å². The Morgan fingerprint density at radius 3 is 2.74 bits per heavy atom. The van der Waals surface area contributed by atoms with Gasteiger partial charge in [-0.15, -0.1) is 0 Å². The Bertz CT molecular complexity index is 1020. The van der Waals surface area contributed by atoms with E-state index in [1.165, 1.54) is 11.4 Å². The Labute approximate surface area is 183 Å². The summed E-state index contributed by atoms with van der Waals surface area (Å²) < 4.78 is 38.3. The van der Waals surface area contributed by atoms with Crippen molar-refractivity contribution >= 4 is 15.9 Å². The van der Waals surface area contributed by atoms with Crippen LogP contribution in [0.15, 0.2) is 53.4 Å². The Balaban J connectivity index is 1.34. The molecule has 0 bridgehead atoms. The van der Waals surface area contributed by atoms with Gasteiger partial charge in [0.05, 0.1) is 24.5 Å². The molecule has 2 atom stereocenters. The second-order valence-electron chi connectivity index (χ2n) is 8.11. The molecule has 0 aromatic heterocycles. The molecule has 0 saturated carbocycles. The molecule has 8 heteroatoms. The van der Waals surface area contributed by atoms with Gasteiger partial charge < -0.3 is 14.8 Å². The predicted octanol–water partition coefficient (Wildman–Crippen LogP) is 2.46. The molecule has 1 saturated heterocycles. The van der Waals surface area contributed by atoms with E-state index >= 15 is 0 Å². The normalized spacial score (nSPS) is 21.6. The largest absolute Gasteiger partial charge is 0.497 e. The molecule has 2 aromatic carbocycles. The molecule has 0 spiro atoms. The Kier molecular flexibility index (Phi) is 6.48. The summed E-state index contributed by atoms with van der Waals surface area (Å²) in [7, 11) is -2.11. The van der Waals surface area contributed by atoms with Gasteiger partial charge in [-0.1, -0.05) is 18.2 Å². The summed E-state index contributed by atoms with van der Waals surface area (Å²) in [5.74, 6) is 1.29. The highest BCUT2D eigenvalue weighted by Gasteiger charge is 2.33. The highest BCUT2D eigenvalue weighted by molar-refractivity contribution is 7.89. The number of para-hydroxylation sites is 1. The number of nitrogens with zero attached hydrogens (tertiary/aromatic N) is 1. The first-order valence-corrected chi connectivity index (χ1v) is 12.0. The average Bonchev–Trinajstić information content (AvgIpc) is 2.82. The quantitative estimate of drug-likeness (QED) is 0.740. The lowest BCUT2D eigenvalue weighted by Crippen LogP contribution is -2.46. The molecule has 31 heavy (non-hydrogen) atoms. The maximum Gasteiger partial charge on any atom is 0.243 e. The van der Waals surface area contributed by atoms with Crippen LogP contribution in [0, 0.1) is 11.8 Å². The zero-order chi connectivity index (χ0) is 21.8. The summed E-state index contributed by atoms with van der Waals surface area (Å²) in [5, 5.41) is 3.02. The summed E-state index contributed by atoms with van der Waals surface area (Å²) in [6.07, 6.45) is 2.21. The monoisotopic (exact) mass is 444 g/mol. The van der Waals surface area contributed by atoms with Crippen molar-refractivity contribution in [1.82, 2.24) is 9.62 Å². The van der Waals surface area contributed by atoms with E-state index in [4.69, 9.17) is 9.47 Å². The lowest BCUT2D eigenvalue weighted by Gasteiger charge is -2.32. The molecule has 166 valence electrons. The van der Waals surface area contributed by atoms with Gasteiger partial charge in [0, 0.05) is 25.6 Å². The van der Waals surface area contributed by atoms with Crippen LogP contribution in [0.1, 0.15) is 18.4 Å². The summed E-state index contributed by atoms with van der Waals surface area (Å²) in [4.78, 5) is 13.0. The fourth-order valence-corrected chi connectivity index (χ4v) is 5.71. The van der Waals surface area contributed by atoms with Crippen molar-refractivity contribution in [2.24, 2.45) is 11.8 Å². The molecular weight excluding hydrogens is 416 g/mol. The van der Waals surface area contributed by atoms with E-state index in [1.54, 1.807) is 24.3 Å². The molecule has 2 aliphatic rings. The second-order valence-corrected chi connectivity index (χ2v) is 10.0. The van der Waals surface area contributed by atoms with Gasteiger partial charge in [-0.2, -0.15) is 4.31 Å². The molecule has 1 N–H and O–H groups in total. The van der Waals surface area contributed by atoms with Crippen molar-refractivity contribution in [3.05, 3.63) is 54.1 Å². The molecule has 2 aliphatic heterocycles. The van der Waals surface area contributed by atoms with Crippen LogP contribution < -0.4 is 14.8 Å². The first-order valence-electron chi connectivity index (χ1n) is 10.6. The maximum absolute atomic E-state index is 13.0. The zero-order valence-electron chi connectivity index (χ0n) is 17.6. The van der Waals surface area contributed by atoms with Crippen LogP contribution >= 0.6 is 0 Å². The number of carbonyl (C=O) groups excluding carboxylic acids is 1. The summed E-state index contributed by atoms with van der Waals surface area (Å²) in [5.41, 5.74) is 1.16. The van der Waals surface area contributed by atoms with Crippen LogP contribution in [0.2, 0.25) is 0 Å². The molecule has 0 aliphatic carbocycles. The maximum atomic E-state index is 13.0. The number of sulfonamides is 1. The minimum Gasteiger partial charge on any atom is -0.497 e. The first kappa shape index (κ1) is 21.6. The number of methoxy groups -OCH3 is 1. The van der Waals surface area contributed by atoms with Crippen LogP contribution in [-0.4, -0.2) is 52.0 Å². The third-order valence-corrected chi connectivity index (χ3v) is 7.85. The topological polar surface area (TPSA) is 84.9 Å². The van der Waals surface area contributed by atoms with Gasteiger partial charge in [-0.25, -0.2) is 8.42 Å². The number of hydrogen-bond donors (Lipinski definition) is 1. The fraction of sp³-hybridized carbons (Fsp3) is 0.435. The number of piperidine rings is 1. The highest BCUT2D eigenvalue weighted by atomic mass is 32.2. The minimum atomic E-state index is -3.64. The summed E-state index contributed by atoms with van der Waals surface area (Å²) >= 11 is 0. The van der Waals surface area contributed by atoms with Gasteiger partial charge in [0.1, 0.15) is 11.5 Å². The van der Waals surface area contributed by atoms with E-state index in [-0.39, 0.29) is 29.2 Å². The molecule has 4 rings (SSSR count). The number of rotatable bonds is 6. The van der Waals surface area contributed by atoms with Crippen LogP contribution in [0.4, 0.5) is 0 Å². The fourth-order valence-electron chi connectivity index (χ4n) is 4.18. The number of fused-ring (bicyclic) bond motifs is 1. The van der Waals surface area contributed by atoms with E-state index in [1.807, 2.05) is 24.3 Å². The van der Waals surface area contributed by atoms with E-state index in [9.17, 15) is 13.2 Å². The lowest BCUT2D eigenvalue weighted by atomic mass is 9.95. The van der Waals surface area contributed by atoms with E-state index in [0.29, 0.717) is 38.3 Å². The van der Waals surface area contributed by atoms with E-state index < -0.39 is 10.0 Å². The summed E-state index contributed by atoms with van der Waals surface area (Å²) in [6, 6.07) is 14.3. The number of hydrogen-bond acceptors (Lipinski definition) is 5. The van der Waals surface area contributed by atoms with Gasteiger partial charge in [-0.05, 0) is 55.2 Å². The van der Waals surface area contributed by atoms with Crippen LogP contribution in [0.25, 0.3) is 0 Å². The molecule has 1 fully saturated rings. The van der Waals surface area contributed by atoms with Gasteiger partial charge in [0.15, 0.2) is 0 Å². The van der Waals surface area contributed by atoms with Crippen LogP contribution in [-0.2, 0) is 21.2 Å². The predicted molar refractivity (Wildman–Crippen MR) is 117 cm³/mol. The Morgan fingerprint density at radius 1 is 1.19 bits per heavy atom. The van der Waals surface area contributed by atoms with E-state index in [0.717, 1.165) is 17.7 Å². The molecule has 1 amide bonds. The Hall–Kier alpha value is -2.58. The van der Waals surface area contributed by atoms with Gasteiger partial charge in [0.2, 0.25) is 15.9 Å². The number of nitrogens with one attached hydrogen (secondary N) is 1. The van der Waals surface area contributed by atoms with Crippen molar-refractivity contribution in [1.29, 1.82) is 0 Å². The molecule has 0 radical (unpaired) electrons. The van der Waals surface area contributed by atoms with Crippen molar-refractivity contribution in [3.63, 3.8) is 0 Å². The highest BCUT2D eigenvalue weighted by Crippen LogP contribution is 2.27. The summed E-state index contributed by atoms with van der Waals surface area (Å²) in [6.45, 7) is 1.71. The van der Waals surface area contributed by atoms with Gasteiger partial charge in [0.25, 0.3) is 0 Å². The molecule has 2 aromatic rings. The molecular formula is C23H28N2O5S. The number of carbonyl (C=O) groups is 1.